The quantitative estimate of drug-likeness (QED) is 0.687. The van der Waals surface area contributed by atoms with Crippen molar-refractivity contribution >= 4 is 33.1 Å². The second-order valence-electron chi connectivity index (χ2n) is 4.15. The normalized spacial score (nSPS) is 11.1. The highest BCUT2D eigenvalue weighted by molar-refractivity contribution is 7.92. The van der Waals surface area contributed by atoms with Crippen LogP contribution in [0, 0.1) is 17.0 Å². The van der Waals surface area contributed by atoms with E-state index < -0.39 is 20.6 Å². The minimum absolute atomic E-state index is 0.116. The van der Waals surface area contributed by atoms with Crippen molar-refractivity contribution in [2.75, 3.05) is 4.72 Å². The predicted octanol–water partition coefficient (Wildman–Crippen LogP) is 2.75. The molecule has 0 saturated carbocycles. The molecule has 0 saturated heterocycles. The van der Waals surface area contributed by atoms with E-state index in [0.717, 1.165) is 6.07 Å². The highest BCUT2D eigenvalue weighted by Crippen LogP contribution is 2.30. The molecule has 0 atom stereocenters. The fraction of sp³-hybridized carbons (Fsp3) is 0.0833. The van der Waals surface area contributed by atoms with Crippen molar-refractivity contribution in [3.63, 3.8) is 0 Å². The lowest BCUT2D eigenvalue weighted by Gasteiger charge is -2.10. The number of aromatic nitrogens is 1. The van der Waals surface area contributed by atoms with Crippen LogP contribution in [-0.4, -0.2) is 18.3 Å². The Balaban J connectivity index is 2.50. The molecule has 0 bridgehead atoms. The smallest absolute Gasteiger partial charge is 0.263 e. The number of rotatable bonds is 4. The Morgan fingerprint density at radius 3 is 2.62 bits per heavy atom. The standard InChI is InChI=1S/C12H10ClN3O4S/c1-8-6-9(13)10(16(17)18)7-11(8)21(19,20)15-12-4-2-3-5-14-12/h2-7H,1H3,(H,14,15). The van der Waals surface area contributed by atoms with Crippen molar-refractivity contribution in [2.24, 2.45) is 0 Å². The molecular formula is C12H10ClN3O4S. The summed E-state index contributed by atoms with van der Waals surface area (Å²) in [5.74, 6) is 0.120. The number of pyridine rings is 1. The summed E-state index contributed by atoms with van der Waals surface area (Å²) in [7, 11) is -3.99. The third-order valence-electron chi connectivity index (χ3n) is 2.63. The van der Waals surface area contributed by atoms with Crippen LogP contribution in [0.4, 0.5) is 11.5 Å². The van der Waals surface area contributed by atoms with Crippen LogP contribution in [0.25, 0.3) is 0 Å². The van der Waals surface area contributed by atoms with Gasteiger partial charge in [-0.15, -0.1) is 0 Å². The van der Waals surface area contributed by atoms with E-state index in [0.29, 0.717) is 5.56 Å². The zero-order valence-corrected chi connectivity index (χ0v) is 12.4. The molecule has 0 unspecified atom stereocenters. The molecule has 21 heavy (non-hydrogen) atoms. The van der Waals surface area contributed by atoms with Crippen LogP contribution in [0.1, 0.15) is 5.56 Å². The van der Waals surface area contributed by atoms with Crippen molar-refractivity contribution in [3.8, 4) is 0 Å². The highest BCUT2D eigenvalue weighted by Gasteiger charge is 2.23. The van der Waals surface area contributed by atoms with Crippen LogP contribution in [0.2, 0.25) is 5.02 Å². The zero-order chi connectivity index (χ0) is 15.6. The van der Waals surface area contributed by atoms with Crippen molar-refractivity contribution in [3.05, 3.63) is 57.2 Å². The van der Waals surface area contributed by atoms with Gasteiger partial charge in [0.05, 0.1) is 9.82 Å². The van der Waals surface area contributed by atoms with Gasteiger partial charge < -0.3 is 0 Å². The molecule has 0 aliphatic heterocycles. The van der Waals surface area contributed by atoms with E-state index in [1.54, 1.807) is 12.1 Å². The maximum absolute atomic E-state index is 12.3. The monoisotopic (exact) mass is 327 g/mol. The van der Waals surface area contributed by atoms with E-state index >= 15 is 0 Å². The molecule has 0 amide bonds. The maximum Gasteiger partial charge on any atom is 0.289 e. The topological polar surface area (TPSA) is 102 Å². The number of halogens is 1. The van der Waals surface area contributed by atoms with E-state index in [-0.39, 0.29) is 15.7 Å². The van der Waals surface area contributed by atoms with E-state index in [9.17, 15) is 18.5 Å². The van der Waals surface area contributed by atoms with Crippen molar-refractivity contribution in [1.29, 1.82) is 0 Å². The summed E-state index contributed by atoms with van der Waals surface area (Å²) >= 11 is 5.74. The number of benzene rings is 1. The van der Waals surface area contributed by atoms with E-state index in [2.05, 4.69) is 9.71 Å². The molecule has 0 aliphatic rings. The summed E-state index contributed by atoms with van der Waals surface area (Å²) in [5.41, 5.74) is -0.169. The van der Waals surface area contributed by atoms with Gasteiger partial charge in [-0.3, -0.25) is 14.8 Å². The molecule has 7 nitrogen and oxygen atoms in total. The van der Waals surface area contributed by atoms with Gasteiger partial charge in [0.1, 0.15) is 10.8 Å². The van der Waals surface area contributed by atoms with Crippen LogP contribution in [0.3, 0.4) is 0 Å². The lowest BCUT2D eigenvalue weighted by Crippen LogP contribution is -2.15. The second kappa shape index (κ2) is 5.66. The number of anilines is 1. The minimum atomic E-state index is -3.99. The van der Waals surface area contributed by atoms with Gasteiger partial charge in [-0.05, 0) is 30.7 Å². The number of hydrogen-bond donors (Lipinski definition) is 1. The predicted molar refractivity (Wildman–Crippen MR) is 77.9 cm³/mol. The summed E-state index contributed by atoms with van der Waals surface area (Å²) in [4.78, 5) is 13.8. The van der Waals surface area contributed by atoms with Crippen LogP contribution >= 0.6 is 11.6 Å². The molecular weight excluding hydrogens is 318 g/mol. The molecule has 1 aromatic heterocycles. The van der Waals surface area contributed by atoms with Gasteiger partial charge in [0, 0.05) is 12.3 Å². The fourth-order valence-corrected chi connectivity index (χ4v) is 3.23. The van der Waals surface area contributed by atoms with Gasteiger partial charge in [-0.25, -0.2) is 13.4 Å². The first-order chi connectivity index (χ1) is 9.81. The van der Waals surface area contributed by atoms with Crippen LogP contribution in [-0.2, 0) is 10.0 Å². The molecule has 110 valence electrons. The van der Waals surface area contributed by atoms with Gasteiger partial charge in [-0.2, -0.15) is 0 Å². The number of nitro groups is 1. The van der Waals surface area contributed by atoms with Crippen molar-refractivity contribution < 1.29 is 13.3 Å². The van der Waals surface area contributed by atoms with Crippen LogP contribution in [0.15, 0.2) is 41.4 Å². The van der Waals surface area contributed by atoms with Gasteiger partial charge in [-0.1, -0.05) is 17.7 Å². The highest BCUT2D eigenvalue weighted by atomic mass is 35.5. The van der Waals surface area contributed by atoms with Crippen LogP contribution < -0.4 is 4.72 Å². The summed E-state index contributed by atoms with van der Waals surface area (Å²) in [6, 6.07) is 6.89. The number of nitrogens with zero attached hydrogens (tertiary/aromatic N) is 2. The Hall–Kier alpha value is -2.19. The Morgan fingerprint density at radius 2 is 2.05 bits per heavy atom. The fourth-order valence-electron chi connectivity index (χ4n) is 1.69. The van der Waals surface area contributed by atoms with Gasteiger partial charge in [0.2, 0.25) is 0 Å². The molecule has 0 radical (unpaired) electrons. The first-order valence-electron chi connectivity index (χ1n) is 5.69. The van der Waals surface area contributed by atoms with Crippen LogP contribution in [0.5, 0.6) is 0 Å². The minimum Gasteiger partial charge on any atom is -0.263 e. The van der Waals surface area contributed by atoms with E-state index in [1.807, 2.05) is 0 Å². The Kier molecular flexibility index (Phi) is 4.10. The number of nitro benzene ring substituents is 1. The first-order valence-corrected chi connectivity index (χ1v) is 7.56. The van der Waals surface area contributed by atoms with Crippen molar-refractivity contribution in [1.82, 2.24) is 4.98 Å². The summed E-state index contributed by atoms with van der Waals surface area (Å²) in [6.07, 6.45) is 1.43. The summed E-state index contributed by atoms with van der Waals surface area (Å²) < 4.78 is 26.8. The van der Waals surface area contributed by atoms with Gasteiger partial charge in [0.25, 0.3) is 15.7 Å². The average Bonchev–Trinajstić information content (AvgIpc) is 2.38. The molecule has 2 rings (SSSR count). The second-order valence-corrected chi connectivity index (χ2v) is 6.20. The molecule has 1 heterocycles. The third-order valence-corrected chi connectivity index (χ3v) is 4.43. The molecule has 1 N–H and O–H groups in total. The van der Waals surface area contributed by atoms with E-state index in [1.165, 1.54) is 25.3 Å². The summed E-state index contributed by atoms with van der Waals surface area (Å²) in [5, 5.41) is 10.7. The lowest BCUT2D eigenvalue weighted by molar-refractivity contribution is -0.384. The summed E-state index contributed by atoms with van der Waals surface area (Å²) in [6.45, 7) is 1.50. The number of aryl methyl sites for hydroxylation is 1. The molecule has 0 spiro atoms. The average molecular weight is 328 g/mol. The Bertz CT molecular complexity index is 794. The molecule has 0 fully saturated rings. The largest absolute Gasteiger partial charge is 0.289 e. The SMILES string of the molecule is Cc1cc(Cl)c([N+](=O)[O-])cc1S(=O)(=O)Nc1ccccn1. The molecule has 2 aromatic rings. The molecule has 0 aliphatic carbocycles. The van der Waals surface area contributed by atoms with Gasteiger partial charge >= 0.3 is 0 Å². The number of nitrogens with one attached hydrogen (secondary N) is 1. The number of hydrogen-bond acceptors (Lipinski definition) is 5. The van der Waals surface area contributed by atoms with Crippen molar-refractivity contribution in [2.45, 2.75) is 11.8 Å². The first kappa shape index (κ1) is 15.2. The Morgan fingerprint density at radius 1 is 1.33 bits per heavy atom. The van der Waals surface area contributed by atoms with E-state index in [4.69, 9.17) is 11.6 Å². The van der Waals surface area contributed by atoms with Gasteiger partial charge in [0.15, 0.2) is 0 Å². The lowest BCUT2D eigenvalue weighted by atomic mass is 10.2. The zero-order valence-electron chi connectivity index (χ0n) is 10.8. The number of sulfonamides is 1. The molecule has 9 heteroatoms. The third kappa shape index (κ3) is 3.29. The molecule has 1 aromatic carbocycles. The Labute approximate surface area is 125 Å². The maximum atomic E-state index is 12.3.